The van der Waals surface area contributed by atoms with E-state index in [2.05, 4.69) is 20.2 Å². The van der Waals surface area contributed by atoms with Crippen LogP contribution in [0.3, 0.4) is 0 Å². The van der Waals surface area contributed by atoms with Gasteiger partial charge in [0, 0.05) is 28.6 Å². The number of hydrogen-bond donors (Lipinski definition) is 1. The van der Waals surface area contributed by atoms with Gasteiger partial charge < -0.3 is 0 Å². The van der Waals surface area contributed by atoms with Crippen LogP contribution in [0.4, 0.5) is 18.3 Å². The zero-order chi connectivity index (χ0) is 20.4. The Kier molecular flexibility index (Phi) is 5.66. The summed E-state index contributed by atoms with van der Waals surface area (Å²) in [5, 5.41) is 5.05. The molecular weight excluding hydrogens is 421 g/mol. The molecule has 152 valence electrons. The number of halogens is 3. The van der Waals surface area contributed by atoms with Gasteiger partial charge in [0.15, 0.2) is 5.13 Å². The van der Waals surface area contributed by atoms with Gasteiger partial charge >= 0.3 is 6.18 Å². The fourth-order valence-electron chi connectivity index (χ4n) is 3.35. The Bertz CT molecular complexity index is 970. The van der Waals surface area contributed by atoms with Crippen LogP contribution in [-0.4, -0.2) is 27.3 Å². The number of likely N-dealkylation sites (tertiary alicyclic amines) is 1. The number of aromatic nitrogens is 2. The summed E-state index contributed by atoms with van der Waals surface area (Å²) in [6, 6.07) is 4.32. The van der Waals surface area contributed by atoms with Crippen LogP contribution in [0.25, 0.3) is 0 Å². The predicted molar refractivity (Wildman–Crippen MR) is 106 cm³/mol. The molecule has 1 aliphatic rings. The Morgan fingerprint density at radius 3 is 2.72 bits per heavy atom. The molecule has 5 nitrogen and oxygen atoms in total. The van der Waals surface area contributed by atoms with E-state index in [0.717, 1.165) is 43.8 Å². The molecule has 1 aromatic carbocycles. The van der Waals surface area contributed by atoms with E-state index in [0.29, 0.717) is 5.13 Å². The van der Waals surface area contributed by atoms with E-state index in [1.165, 1.54) is 28.3 Å². The predicted octanol–water partition coefficient (Wildman–Crippen LogP) is 5.21. The summed E-state index contributed by atoms with van der Waals surface area (Å²) in [4.78, 5) is 24.5. The van der Waals surface area contributed by atoms with Gasteiger partial charge in [-0.3, -0.25) is 20.0 Å². The van der Waals surface area contributed by atoms with Crippen molar-refractivity contribution in [3.05, 3.63) is 63.1 Å². The van der Waals surface area contributed by atoms with Crippen molar-refractivity contribution in [2.45, 2.75) is 31.6 Å². The number of anilines is 1. The van der Waals surface area contributed by atoms with Gasteiger partial charge in [-0.25, -0.2) is 4.98 Å². The van der Waals surface area contributed by atoms with Crippen LogP contribution in [0.2, 0.25) is 0 Å². The maximum Gasteiger partial charge on any atom is 0.416 e. The van der Waals surface area contributed by atoms with Gasteiger partial charge in [0.05, 0.1) is 22.8 Å². The lowest BCUT2D eigenvalue weighted by molar-refractivity contribution is -0.137. The molecule has 0 bridgehead atoms. The van der Waals surface area contributed by atoms with Gasteiger partial charge in [-0.05, 0) is 43.7 Å². The molecule has 0 saturated carbocycles. The first-order valence-corrected chi connectivity index (χ1v) is 10.7. The number of thiazole rings is 2. The molecule has 3 aromatic rings. The van der Waals surface area contributed by atoms with Crippen LogP contribution in [0.5, 0.6) is 0 Å². The monoisotopic (exact) mass is 438 g/mol. The smallest absolute Gasteiger partial charge is 0.298 e. The Morgan fingerprint density at radius 2 is 2.03 bits per heavy atom. The Labute approximate surface area is 173 Å². The number of benzene rings is 1. The first-order valence-electron chi connectivity index (χ1n) is 8.95. The number of carbonyl (C=O) groups excluding carboxylic acids is 1. The largest absolute Gasteiger partial charge is 0.416 e. The quantitative estimate of drug-likeness (QED) is 0.594. The third-order valence-electron chi connectivity index (χ3n) is 4.76. The number of carbonyl (C=O) groups is 1. The van der Waals surface area contributed by atoms with Crippen molar-refractivity contribution in [1.82, 2.24) is 14.9 Å². The van der Waals surface area contributed by atoms with Crippen molar-refractivity contribution in [2.24, 2.45) is 0 Å². The molecule has 1 N–H and O–H groups in total. The molecular formula is C19H17F3N4OS2. The van der Waals surface area contributed by atoms with E-state index in [1.54, 1.807) is 11.3 Å². The highest BCUT2D eigenvalue weighted by atomic mass is 32.1. The van der Waals surface area contributed by atoms with Crippen LogP contribution < -0.4 is 5.32 Å². The van der Waals surface area contributed by atoms with Crippen LogP contribution >= 0.6 is 22.7 Å². The molecule has 1 fully saturated rings. The van der Waals surface area contributed by atoms with Crippen molar-refractivity contribution in [3.8, 4) is 0 Å². The van der Waals surface area contributed by atoms with Crippen LogP contribution in [0, 0.1) is 0 Å². The Morgan fingerprint density at radius 1 is 1.24 bits per heavy atom. The number of hydrogen-bond acceptors (Lipinski definition) is 6. The molecule has 1 amide bonds. The summed E-state index contributed by atoms with van der Waals surface area (Å²) in [6.07, 6.45) is -0.481. The Balaban J connectivity index is 1.41. The fourth-order valence-corrected chi connectivity index (χ4v) is 4.72. The van der Waals surface area contributed by atoms with Gasteiger partial charge in [-0.1, -0.05) is 0 Å². The molecule has 1 unspecified atom stereocenters. The minimum Gasteiger partial charge on any atom is -0.298 e. The molecule has 4 rings (SSSR count). The highest BCUT2D eigenvalue weighted by Crippen LogP contribution is 2.35. The van der Waals surface area contributed by atoms with Gasteiger partial charge in [0.2, 0.25) is 0 Å². The van der Waals surface area contributed by atoms with Gasteiger partial charge in [0.1, 0.15) is 0 Å². The molecule has 0 radical (unpaired) electrons. The zero-order valence-electron chi connectivity index (χ0n) is 15.1. The summed E-state index contributed by atoms with van der Waals surface area (Å²) in [6.45, 7) is 1.80. The number of nitrogens with one attached hydrogen (secondary N) is 1. The molecule has 0 spiro atoms. The average Bonchev–Trinajstić information content (AvgIpc) is 3.43. The second kappa shape index (κ2) is 8.21. The van der Waals surface area contributed by atoms with E-state index < -0.39 is 17.6 Å². The summed E-state index contributed by atoms with van der Waals surface area (Å²) in [5.41, 5.74) is 2.09. The van der Waals surface area contributed by atoms with Crippen molar-refractivity contribution >= 4 is 33.7 Å². The fraction of sp³-hybridized carbons (Fsp3) is 0.316. The van der Waals surface area contributed by atoms with Gasteiger partial charge in [-0.15, -0.1) is 22.7 Å². The lowest BCUT2D eigenvalue weighted by Crippen LogP contribution is -2.22. The summed E-state index contributed by atoms with van der Waals surface area (Å²) in [7, 11) is 0. The van der Waals surface area contributed by atoms with E-state index in [-0.39, 0.29) is 11.6 Å². The minimum atomic E-state index is -4.43. The van der Waals surface area contributed by atoms with E-state index in [4.69, 9.17) is 0 Å². The average molecular weight is 439 g/mol. The molecule has 3 heterocycles. The Hall–Kier alpha value is -2.30. The second-order valence-electron chi connectivity index (χ2n) is 6.70. The SMILES string of the molecule is O=C(Nc1nc(C2CCCN2Cc2cncs2)cs1)c1ccc(C(F)(F)F)cc1. The molecule has 0 aliphatic carbocycles. The highest BCUT2D eigenvalue weighted by molar-refractivity contribution is 7.14. The molecule has 29 heavy (non-hydrogen) atoms. The lowest BCUT2D eigenvalue weighted by Gasteiger charge is -2.22. The van der Waals surface area contributed by atoms with Crippen molar-refractivity contribution in [2.75, 3.05) is 11.9 Å². The zero-order valence-corrected chi connectivity index (χ0v) is 16.8. The normalized spacial score (nSPS) is 17.6. The van der Waals surface area contributed by atoms with Crippen molar-refractivity contribution in [3.63, 3.8) is 0 Å². The minimum absolute atomic E-state index is 0.155. The highest BCUT2D eigenvalue weighted by Gasteiger charge is 2.30. The first-order chi connectivity index (χ1) is 13.9. The van der Waals surface area contributed by atoms with Gasteiger partial charge in [0.25, 0.3) is 5.91 Å². The van der Waals surface area contributed by atoms with Crippen molar-refractivity contribution in [1.29, 1.82) is 0 Å². The molecule has 1 atom stereocenters. The van der Waals surface area contributed by atoms with Gasteiger partial charge in [-0.2, -0.15) is 13.2 Å². The van der Waals surface area contributed by atoms with E-state index in [9.17, 15) is 18.0 Å². The maximum absolute atomic E-state index is 12.7. The number of rotatable bonds is 5. The lowest BCUT2D eigenvalue weighted by atomic mass is 10.1. The molecule has 1 saturated heterocycles. The van der Waals surface area contributed by atoms with Crippen molar-refractivity contribution < 1.29 is 18.0 Å². The third-order valence-corrected chi connectivity index (χ3v) is 6.30. The summed E-state index contributed by atoms with van der Waals surface area (Å²) < 4.78 is 38.0. The van der Waals surface area contributed by atoms with Crippen LogP contribution in [0.1, 0.15) is 45.4 Å². The summed E-state index contributed by atoms with van der Waals surface area (Å²) >= 11 is 2.94. The van der Waals surface area contributed by atoms with Crippen LogP contribution in [0.15, 0.2) is 41.4 Å². The molecule has 1 aliphatic heterocycles. The number of amides is 1. The maximum atomic E-state index is 12.7. The molecule has 2 aromatic heterocycles. The first kappa shape index (κ1) is 20.0. The summed E-state index contributed by atoms with van der Waals surface area (Å²) in [5.74, 6) is -0.479. The number of alkyl halides is 3. The standard InChI is InChI=1S/C19H17F3N4OS2/c20-19(21,22)13-5-3-12(4-6-13)17(27)25-18-24-15(10-28-18)16-2-1-7-26(16)9-14-8-23-11-29-14/h3-6,8,10-11,16H,1-2,7,9H2,(H,24,25,27). The number of nitrogens with zero attached hydrogens (tertiary/aromatic N) is 3. The van der Waals surface area contributed by atoms with Crippen LogP contribution in [-0.2, 0) is 12.7 Å². The second-order valence-corrected chi connectivity index (χ2v) is 8.53. The van der Waals surface area contributed by atoms with E-state index in [1.807, 2.05) is 17.1 Å². The topological polar surface area (TPSA) is 58.1 Å². The van der Waals surface area contributed by atoms with E-state index >= 15 is 0 Å². The third kappa shape index (κ3) is 4.65. The molecule has 10 heteroatoms.